The van der Waals surface area contributed by atoms with Crippen molar-refractivity contribution in [3.05, 3.63) is 42.1 Å². The molecule has 0 amide bonds. The van der Waals surface area contributed by atoms with Crippen molar-refractivity contribution in [1.29, 1.82) is 0 Å². The number of piperidine rings is 1. The number of pyridine rings is 1. The molecule has 3 rings (SSSR count). The summed E-state index contributed by atoms with van der Waals surface area (Å²) in [7, 11) is 1.44. The van der Waals surface area contributed by atoms with Gasteiger partial charge in [-0.05, 0) is 49.5 Å². The number of benzene rings is 1. The SMILES string of the molecule is COC(=O)CN1CCC(c2ccnc3ccccc23)CC1. The molecule has 21 heavy (non-hydrogen) atoms. The normalized spacial score (nSPS) is 17.0. The number of likely N-dealkylation sites (tertiary alicyclic amines) is 1. The molecule has 0 saturated carbocycles. The number of nitrogens with zero attached hydrogens (tertiary/aromatic N) is 2. The number of aromatic nitrogens is 1. The van der Waals surface area contributed by atoms with E-state index in [1.54, 1.807) is 0 Å². The Morgan fingerprint density at radius 1 is 1.29 bits per heavy atom. The van der Waals surface area contributed by atoms with Gasteiger partial charge in [-0.15, -0.1) is 0 Å². The minimum atomic E-state index is -0.150. The van der Waals surface area contributed by atoms with Crippen LogP contribution in [-0.2, 0) is 9.53 Å². The molecule has 110 valence electrons. The quantitative estimate of drug-likeness (QED) is 0.813. The number of esters is 1. The molecule has 1 fully saturated rings. The van der Waals surface area contributed by atoms with Crippen molar-refractivity contribution in [1.82, 2.24) is 9.88 Å². The molecule has 2 aromatic rings. The van der Waals surface area contributed by atoms with E-state index in [0.29, 0.717) is 12.5 Å². The lowest BCUT2D eigenvalue weighted by Gasteiger charge is -2.31. The molecule has 0 bridgehead atoms. The Morgan fingerprint density at radius 2 is 2.05 bits per heavy atom. The molecule has 0 unspecified atom stereocenters. The van der Waals surface area contributed by atoms with Gasteiger partial charge in [-0.2, -0.15) is 0 Å². The Bertz CT molecular complexity index is 628. The maximum absolute atomic E-state index is 11.3. The Balaban J connectivity index is 1.73. The van der Waals surface area contributed by atoms with Crippen LogP contribution in [0.4, 0.5) is 0 Å². The molecule has 0 N–H and O–H groups in total. The second-order valence-corrected chi connectivity index (χ2v) is 5.54. The van der Waals surface area contributed by atoms with E-state index < -0.39 is 0 Å². The van der Waals surface area contributed by atoms with Crippen LogP contribution >= 0.6 is 0 Å². The van der Waals surface area contributed by atoms with Crippen molar-refractivity contribution < 1.29 is 9.53 Å². The van der Waals surface area contributed by atoms with Crippen molar-refractivity contribution in [2.75, 3.05) is 26.7 Å². The first-order valence-corrected chi connectivity index (χ1v) is 7.41. The fourth-order valence-electron chi connectivity index (χ4n) is 3.12. The van der Waals surface area contributed by atoms with Gasteiger partial charge < -0.3 is 4.74 Å². The molecule has 1 saturated heterocycles. The molecule has 1 aromatic heterocycles. The number of ether oxygens (including phenoxy) is 1. The van der Waals surface area contributed by atoms with E-state index in [0.717, 1.165) is 31.4 Å². The van der Waals surface area contributed by atoms with Crippen LogP contribution in [0.25, 0.3) is 10.9 Å². The van der Waals surface area contributed by atoms with Gasteiger partial charge in [0.1, 0.15) is 0 Å². The maximum atomic E-state index is 11.3. The number of methoxy groups -OCH3 is 1. The smallest absolute Gasteiger partial charge is 0.319 e. The zero-order chi connectivity index (χ0) is 14.7. The van der Waals surface area contributed by atoms with Crippen LogP contribution in [0.2, 0.25) is 0 Å². The molecular weight excluding hydrogens is 264 g/mol. The van der Waals surface area contributed by atoms with Crippen molar-refractivity contribution in [3.8, 4) is 0 Å². The van der Waals surface area contributed by atoms with Gasteiger partial charge in [0.25, 0.3) is 0 Å². The first-order chi connectivity index (χ1) is 10.3. The van der Waals surface area contributed by atoms with Gasteiger partial charge in [0.15, 0.2) is 0 Å². The zero-order valence-corrected chi connectivity index (χ0v) is 12.3. The number of hydrogen-bond donors (Lipinski definition) is 0. The molecule has 4 heteroatoms. The van der Waals surface area contributed by atoms with Crippen LogP contribution in [0, 0.1) is 0 Å². The standard InChI is InChI=1S/C17H20N2O2/c1-21-17(20)12-19-10-7-13(8-11-19)14-6-9-18-16-5-3-2-4-15(14)16/h2-6,9,13H,7-8,10-12H2,1H3. The highest BCUT2D eigenvalue weighted by atomic mass is 16.5. The molecule has 4 nitrogen and oxygen atoms in total. The Morgan fingerprint density at radius 3 is 2.81 bits per heavy atom. The average molecular weight is 284 g/mol. The Labute approximate surface area is 124 Å². The third-order valence-electron chi connectivity index (χ3n) is 4.29. The van der Waals surface area contributed by atoms with E-state index in [1.165, 1.54) is 18.1 Å². The number of hydrogen-bond acceptors (Lipinski definition) is 4. The van der Waals surface area contributed by atoms with Gasteiger partial charge in [0.05, 0.1) is 19.2 Å². The first-order valence-electron chi connectivity index (χ1n) is 7.41. The third-order valence-corrected chi connectivity index (χ3v) is 4.29. The van der Waals surface area contributed by atoms with Gasteiger partial charge >= 0.3 is 5.97 Å². The average Bonchev–Trinajstić information content (AvgIpc) is 2.55. The summed E-state index contributed by atoms with van der Waals surface area (Å²) in [5.41, 5.74) is 2.45. The summed E-state index contributed by atoms with van der Waals surface area (Å²) in [6, 6.07) is 10.4. The summed E-state index contributed by atoms with van der Waals surface area (Å²) in [4.78, 5) is 17.9. The highest BCUT2D eigenvalue weighted by Crippen LogP contribution is 2.32. The van der Waals surface area contributed by atoms with Crippen molar-refractivity contribution in [3.63, 3.8) is 0 Å². The molecule has 0 aliphatic carbocycles. The minimum absolute atomic E-state index is 0.150. The predicted octanol–water partition coefficient (Wildman–Crippen LogP) is 2.59. The summed E-state index contributed by atoms with van der Waals surface area (Å²) < 4.78 is 4.73. The lowest BCUT2D eigenvalue weighted by atomic mass is 9.87. The van der Waals surface area contributed by atoms with Crippen LogP contribution in [0.3, 0.4) is 0 Å². The summed E-state index contributed by atoms with van der Waals surface area (Å²) in [5, 5.41) is 1.26. The first kappa shape index (κ1) is 14.0. The number of fused-ring (bicyclic) bond motifs is 1. The predicted molar refractivity (Wildman–Crippen MR) is 82.2 cm³/mol. The van der Waals surface area contributed by atoms with Gasteiger partial charge in [-0.1, -0.05) is 18.2 Å². The Kier molecular flexibility index (Phi) is 4.15. The summed E-state index contributed by atoms with van der Waals surface area (Å²) >= 11 is 0. The summed E-state index contributed by atoms with van der Waals surface area (Å²) in [5.74, 6) is 0.398. The molecule has 1 aliphatic rings. The third kappa shape index (κ3) is 3.05. The fraction of sp³-hybridized carbons (Fsp3) is 0.412. The van der Waals surface area contributed by atoms with Gasteiger partial charge in [-0.25, -0.2) is 0 Å². The van der Waals surface area contributed by atoms with E-state index in [-0.39, 0.29) is 5.97 Å². The van der Waals surface area contributed by atoms with Gasteiger partial charge in [0.2, 0.25) is 0 Å². The molecule has 1 aliphatic heterocycles. The second kappa shape index (κ2) is 6.22. The van der Waals surface area contributed by atoms with Crippen molar-refractivity contribution in [2.45, 2.75) is 18.8 Å². The van der Waals surface area contributed by atoms with E-state index in [2.05, 4.69) is 34.1 Å². The minimum Gasteiger partial charge on any atom is -0.468 e. The number of rotatable bonds is 3. The maximum Gasteiger partial charge on any atom is 0.319 e. The van der Waals surface area contributed by atoms with E-state index in [1.807, 2.05) is 12.3 Å². The molecule has 2 heterocycles. The largest absolute Gasteiger partial charge is 0.468 e. The molecule has 0 atom stereocenters. The molecular formula is C17H20N2O2. The lowest BCUT2D eigenvalue weighted by Crippen LogP contribution is -2.37. The summed E-state index contributed by atoms with van der Waals surface area (Å²) in [6.45, 7) is 2.28. The van der Waals surface area contributed by atoms with E-state index in [4.69, 9.17) is 4.74 Å². The highest BCUT2D eigenvalue weighted by Gasteiger charge is 2.23. The molecule has 0 spiro atoms. The number of carbonyl (C=O) groups excluding carboxylic acids is 1. The zero-order valence-electron chi connectivity index (χ0n) is 12.3. The second-order valence-electron chi connectivity index (χ2n) is 5.54. The van der Waals surface area contributed by atoms with Crippen LogP contribution in [-0.4, -0.2) is 42.6 Å². The Hall–Kier alpha value is -1.94. The topological polar surface area (TPSA) is 42.4 Å². The van der Waals surface area contributed by atoms with Crippen LogP contribution < -0.4 is 0 Å². The van der Waals surface area contributed by atoms with Gasteiger partial charge in [-0.3, -0.25) is 14.7 Å². The fourth-order valence-corrected chi connectivity index (χ4v) is 3.12. The van der Waals surface area contributed by atoms with Crippen molar-refractivity contribution >= 4 is 16.9 Å². The van der Waals surface area contributed by atoms with Crippen molar-refractivity contribution in [2.24, 2.45) is 0 Å². The number of carbonyl (C=O) groups is 1. The molecule has 0 radical (unpaired) electrons. The lowest BCUT2D eigenvalue weighted by molar-refractivity contribution is -0.142. The van der Waals surface area contributed by atoms with E-state index >= 15 is 0 Å². The summed E-state index contributed by atoms with van der Waals surface area (Å²) in [6.07, 6.45) is 4.05. The highest BCUT2D eigenvalue weighted by molar-refractivity contribution is 5.82. The van der Waals surface area contributed by atoms with Crippen LogP contribution in [0.1, 0.15) is 24.3 Å². The molecule has 1 aromatic carbocycles. The van der Waals surface area contributed by atoms with Crippen LogP contribution in [0.5, 0.6) is 0 Å². The van der Waals surface area contributed by atoms with Gasteiger partial charge in [0, 0.05) is 11.6 Å². The van der Waals surface area contributed by atoms with Crippen LogP contribution in [0.15, 0.2) is 36.5 Å². The monoisotopic (exact) mass is 284 g/mol. The number of para-hydroxylation sites is 1. The van der Waals surface area contributed by atoms with E-state index in [9.17, 15) is 4.79 Å².